The van der Waals surface area contributed by atoms with Gasteiger partial charge in [-0.15, -0.1) is 0 Å². The zero-order valence-electron chi connectivity index (χ0n) is 44.1. The van der Waals surface area contributed by atoms with Crippen molar-refractivity contribution in [3.63, 3.8) is 0 Å². The Morgan fingerprint density at radius 3 is 1.94 bits per heavy atom. The number of piperidine rings is 1. The van der Waals surface area contributed by atoms with Gasteiger partial charge in [0.25, 0.3) is 0 Å². The van der Waals surface area contributed by atoms with Gasteiger partial charge >= 0.3 is 0 Å². The minimum absolute atomic E-state index is 0.00865. The number of aromatic nitrogens is 10. The predicted octanol–water partition coefficient (Wildman–Crippen LogP) is 8.54. The Morgan fingerprint density at radius 1 is 0.658 bits per heavy atom. The van der Waals surface area contributed by atoms with Crippen LogP contribution in [0, 0.1) is 33.1 Å². The van der Waals surface area contributed by atoms with Gasteiger partial charge in [-0.25, -0.2) is 34.3 Å². The highest BCUT2D eigenvalue weighted by Gasteiger charge is 2.64. The number of hydrogen-bond donors (Lipinski definition) is 2. The highest BCUT2D eigenvalue weighted by Crippen LogP contribution is 2.59. The third kappa shape index (κ3) is 11.2. The molecule has 3 aliphatic rings. The molecule has 5 atom stereocenters. The zero-order valence-corrected chi connectivity index (χ0v) is 47.3. The molecule has 23 heteroatoms. The van der Waals surface area contributed by atoms with Crippen LogP contribution in [0.1, 0.15) is 83.8 Å². The quantitative estimate of drug-likeness (QED) is 0.0860. The van der Waals surface area contributed by atoms with E-state index in [1.54, 1.807) is 65.6 Å². The third-order valence-corrected chi connectivity index (χ3v) is 15.5. The Bertz CT molecular complexity index is 3800. The van der Waals surface area contributed by atoms with Crippen LogP contribution in [0.25, 0.3) is 44.1 Å². The molecular formula is C56H53Br2FN14O6. The van der Waals surface area contributed by atoms with Crippen LogP contribution in [0.5, 0.6) is 0 Å². The molecule has 8 heterocycles. The van der Waals surface area contributed by atoms with E-state index in [4.69, 9.17) is 0 Å². The molecule has 404 valence electrons. The molecule has 2 aliphatic heterocycles. The van der Waals surface area contributed by atoms with E-state index in [1.165, 1.54) is 23.4 Å². The van der Waals surface area contributed by atoms with Gasteiger partial charge in [0, 0.05) is 73.0 Å². The molecule has 0 spiro atoms. The lowest BCUT2D eigenvalue weighted by atomic mass is 10.0. The highest BCUT2D eigenvalue weighted by atomic mass is 79.9. The standard InChI is InChI=1S/C30H30BrN7O3.C26H23BrFN7O3/c1-15-6-7-24(31)34-28(15)35-29(41)22-10-30(5)11-23(30)38(22)25(40)14-37-27-16(2)8-19(20-12-32-18(4)33-13-20)9-21(27)26(36-37)17(3)39;1-14(36)25-19-8-16(17-10-29-15(2)30-11-17)6-7-20(19)35(33-25)13-24(37)34-12-18(28)9-21(34)26(38)32-23-5-3-4-22(27)31-23/h6-9,12-13,22-23H,10-11,14H2,1-5H3,(H,34,35,41);3-8,10-11,18,21H,9,12-13H2,1-2H3,(H,31,32,38)/t22-,23+,30-;18-,21+/m01/s1. The second-order valence-electron chi connectivity index (χ2n) is 20.5. The van der Waals surface area contributed by atoms with Gasteiger partial charge in [0.05, 0.1) is 17.6 Å². The van der Waals surface area contributed by atoms with Gasteiger partial charge in [-0.05, 0) is 143 Å². The average molecular weight is 1200 g/mol. The Balaban J connectivity index is 0.000000179. The third-order valence-electron chi connectivity index (χ3n) is 14.6. The number of carbonyl (C=O) groups is 6. The van der Waals surface area contributed by atoms with Crippen molar-refractivity contribution >= 4 is 100 Å². The summed E-state index contributed by atoms with van der Waals surface area (Å²) in [6, 6.07) is 16.4. The fourth-order valence-corrected chi connectivity index (χ4v) is 11.2. The monoisotopic (exact) mass is 1190 g/mol. The smallest absolute Gasteiger partial charge is 0.248 e. The number of rotatable bonds is 12. The highest BCUT2D eigenvalue weighted by molar-refractivity contribution is 9.10. The van der Waals surface area contributed by atoms with Gasteiger partial charge in [0.1, 0.15) is 75.2 Å². The van der Waals surface area contributed by atoms with Crippen LogP contribution >= 0.6 is 31.9 Å². The lowest BCUT2D eigenvalue weighted by Crippen LogP contribution is -2.47. The van der Waals surface area contributed by atoms with Crippen molar-refractivity contribution in [1.29, 1.82) is 0 Å². The summed E-state index contributed by atoms with van der Waals surface area (Å²) in [5.41, 5.74) is 6.67. The summed E-state index contributed by atoms with van der Waals surface area (Å²) >= 11 is 6.60. The summed E-state index contributed by atoms with van der Waals surface area (Å²) in [4.78, 5) is 107. The molecule has 4 amide bonds. The van der Waals surface area contributed by atoms with E-state index in [-0.39, 0.29) is 72.4 Å². The number of likely N-dealkylation sites (tertiary alicyclic amines) is 2. The molecule has 20 nitrogen and oxygen atoms in total. The summed E-state index contributed by atoms with van der Waals surface area (Å²) in [7, 11) is 0. The molecule has 1 aliphatic carbocycles. The van der Waals surface area contributed by atoms with Crippen LogP contribution in [0.2, 0.25) is 0 Å². The summed E-state index contributed by atoms with van der Waals surface area (Å²) in [5, 5.41) is 15.8. The van der Waals surface area contributed by atoms with Gasteiger partial charge in [0.15, 0.2) is 11.6 Å². The number of nitrogens with one attached hydrogen (secondary N) is 2. The fraction of sp³-hybridized carbons (Fsp3) is 0.321. The zero-order chi connectivity index (χ0) is 56.2. The van der Waals surface area contributed by atoms with Gasteiger partial charge in [-0.3, -0.25) is 38.1 Å². The normalized spacial score (nSPS) is 19.2. The van der Waals surface area contributed by atoms with Crippen molar-refractivity contribution in [2.24, 2.45) is 5.41 Å². The summed E-state index contributed by atoms with van der Waals surface area (Å²) in [6.45, 7) is 11.9. The molecule has 2 saturated heterocycles. The van der Waals surface area contributed by atoms with Crippen molar-refractivity contribution in [3.8, 4) is 22.3 Å². The van der Waals surface area contributed by atoms with Crippen molar-refractivity contribution in [2.75, 3.05) is 17.2 Å². The SMILES string of the molecule is CC(=O)c1nn(CC(=O)N2C[C@H](F)C[C@H]2C(=O)Nc2cccc(Br)n2)c2ccc(-c3cnc(C)nc3)cc12.CC(=O)c1nn(CC(=O)N2[C@H](C(=O)Nc3nc(Br)ccc3C)C[C@@]3(C)C[C@@H]23)c2c(C)cc(-c3cnc(C)nc3)cc12. The van der Waals surface area contributed by atoms with E-state index in [1.807, 2.05) is 57.2 Å². The lowest BCUT2D eigenvalue weighted by molar-refractivity contribution is -0.138. The maximum absolute atomic E-state index is 14.4. The summed E-state index contributed by atoms with van der Waals surface area (Å²) in [6.07, 6.45) is 6.87. The number of benzene rings is 2. The summed E-state index contributed by atoms with van der Waals surface area (Å²) < 4.78 is 18.6. The number of hydrogen-bond acceptors (Lipinski definition) is 14. The van der Waals surface area contributed by atoms with Crippen molar-refractivity contribution in [2.45, 2.75) is 105 Å². The van der Waals surface area contributed by atoms with E-state index >= 15 is 0 Å². The number of carbonyl (C=O) groups excluding carboxylic acids is 6. The maximum Gasteiger partial charge on any atom is 0.248 e. The number of amides is 4. The second kappa shape index (κ2) is 21.6. The number of Topliss-reactive ketones (excluding diaryl/α,β-unsaturated/α-hetero) is 2. The second-order valence-corrected chi connectivity index (χ2v) is 22.1. The molecular weight excluding hydrogens is 1140 g/mol. The Morgan fingerprint density at radius 2 is 1.27 bits per heavy atom. The molecule has 2 aromatic carbocycles. The van der Waals surface area contributed by atoms with Gasteiger partial charge < -0.3 is 20.4 Å². The number of fused-ring (bicyclic) bond motifs is 3. The topological polar surface area (TPSA) is 246 Å². The number of alkyl halides is 1. The van der Waals surface area contributed by atoms with Crippen molar-refractivity contribution < 1.29 is 33.2 Å². The van der Waals surface area contributed by atoms with Gasteiger partial charge in [-0.1, -0.05) is 25.1 Å². The predicted molar refractivity (Wildman–Crippen MR) is 298 cm³/mol. The molecule has 0 unspecified atom stereocenters. The molecule has 6 aromatic heterocycles. The molecule has 0 radical (unpaired) electrons. The number of ketones is 2. The van der Waals surface area contributed by atoms with Gasteiger partial charge in [-0.2, -0.15) is 10.2 Å². The van der Waals surface area contributed by atoms with E-state index in [0.717, 1.165) is 39.8 Å². The Kier molecular flexibility index (Phi) is 14.9. The molecule has 79 heavy (non-hydrogen) atoms. The molecule has 2 N–H and O–H groups in total. The van der Waals surface area contributed by atoms with Gasteiger partial charge in [0.2, 0.25) is 23.6 Å². The first-order valence-corrected chi connectivity index (χ1v) is 27.0. The minimum atomic E-state index is -1.34. The maximum atomic E-state index is 14.4. The lowest BCUT2D eigenvalue weighted by Gasteiger charge is -2.27. The first-order valence-electron chi connectivity index (χ1n) is 25.4. The molecule has 8 aromatic rings. The van der Waals surface area contributed by atoms with Crippen LogP contribution in [0.4, 0.5) is 16.0 Å². The van der Waals surface area contributed by atoms with Crippen LogP contribution in [-0.4, -0.2) is 125 Å². The van der Waals surface area contributed by atoms with Crippen LogP contribution in [-0.2, 0) is 32.3 Å². The minimum Gasteiger partial charge on any atom is -0.326 e. The van der Waals surface area contributed by atoms with E-state index in [9.17, 15) is 33.2 Å². The van der Waals surface area contributed by atoms with Crippen molar-refractivity contribution in [3.05, 3.63) is 129 Å². The Hall–Kier alpha value is -8.05. The number of aryl methyl sites for hydroxylation is 4. The van der Waals surface area contributed by atoms with E-state index in [2.05, 4.69) is 89.5 Å². The van der Waals surface area contributed by atoms with Crippen LogP contribution in [0.3, 0.4) is 0 Å². The fourth-order valence-electron chi connectivity index (χ4n) is 10.5. The van der Waals surface area contributed by atoms with Crippen molar-refractivity contribution in [1.82, 2.24) is 59.3 Å². The van der Waals surface area contributed by atoms with E-state index < -0.39 is 30.1 Å². The van der Waals surface area contributed by atoms with Crippen LogP contribution < -0.4 is 10.6 Å². The average Bonchev–Trinajstić information content (AvgIpc) is 3.00. The first-order chi connectivity index (χ1) is 37.6. The molecule has 11 rings (SSSR count). The van der Waals surface area contributed by atoms with E-state index in [0.29, 0.717) is 60.6 Å². The number of pyridine rings is 2. The molecule has 3 fully saturated rings. The molecule has 0 bridgehead atoms. The number of nitrogens with zero attached hydrogens (tertiary/aromatic N) is 12. The number of halogens is 3. The number of anilines is 2. The molecule has 1 saturated carbocycles. The first kappa shape index (κ1) is 54.3. The summed E-state index contributed by atoms with van der Waals surface area (Å²) in [5.74, 6) is 0.155. The Labute approximate surface area is 469 Å². The largest absolute Gasteiger partial charge is 0.326 e. The van der Waals surface area contributed by atoms with Crippen LogP contribution in [0.15, 0.2) is 94.7 Å².